The molecule has 0 N–H and O–H groups in total. The van der Waals surface area contributed by atoms with Gasteiger partial charge >= 0.3 is 0 Å². The molecule has 0 radical (unpaired) electrons. The van der Waals surface area contributed by atoms with E-state index in [1.54, 1.807) is 0 Å². The van der Waals surface area contributed by atoms with Crippen molar-refractivity contribution in [1.82, 2.24) is 0 Å². The minimum Gasteiger partial charge on any atom is -0.0806 e. The summed E-state index contributed by atoms with van der Waals surface area (Å²) in [6, 6.07) is 17.6. The van der Waals surface area contributed by atoms with Gasteiger partial charge in [0.25, 0.3) is 0 Å². The highest BCUT2D eigenvalue weighted by molar-refractivity contribution is 8.01. The van der Waals surface area contributed by atoms with Gasteiger partial charge in [0, 0.05) is 5.56 Å². The Morgan fingerprint density at radius 2 is 1.73 bits per heavy atom. The van der Waals surface area contributed by atoms with Gasteiger partial charge in [0.2, 0.25) is 0 Å². The van der Waals surface area contributed by atoms with Crippen LogP contribution in [-0.4, -0.2) is 0 Å². The molecular weight excluding hydrogens is 284 g/mol. The van der Waals surface area contributed by atoms with Crippen molar-refractivity contribution in [1.29, 1.82) is 0 Å². The summed E-state index contributed by atoms with van der Waals surface area (Å²) >= 11 is 0. The lowest BCUT2D eigenvalue weighted by atomic mass is 10.2. The molecule has 1 heteroatoms. The van der Waals surface area contributed by atoms with Gasteiger partial charge in [0.1, 0.15) is 0 Å². The van der Waals surface area contributed by atoms with Crippen molar-refractivity contribution in [3.8, 4) is 0 Å². The van der Waals surface area contributed by atoms with Gasteiger partial charge in [-0.1, -0.05) is 54.1 Å². The number of benzene rings is 2. The Labute approximate surface area is 136 Å². The van der Waals surface area contributed by atoms with Gasteiger partial charge in [-0.15, -0.1) is 0 Å². The molecular formula is C21H21S+. The van der Waals surface area contributed by atoms with Crippen molar-refractivity contribution in [2.24, 2.45) is 0 Å². The van der Waals surface area contributed by atoms with Gasteiger partial charge in [-0.3, -0.25) is 0 Å². The van der Waals surface area contributed by atoms with E-state index in [-0.39, 0.29) is 10.9 Å². The molecule has 0 amide bonds. The molecule has 0 saturated heterocycles. The van der Waals surface area contributed by atoms with E-state index in [1.807, 2.05) is 0 Å². The average molecular weight is 305 g/mol. The van der Waals surface area contributed by atoms with E-state index in [0.29, 0.717) is 0 Å². The molecule has 2 aromatic carbocycles. The smallest absolute Gasteiger partial charge is 0.0806 e. The summed E-state index contributed by atoms with van der Waals surface area (Å²) in [5.41, 5.74) is 2.69. The molecule has 0 fully saturated rings. The molecule has 1 aliphatic rings. The highest BCUT2D eigenvalue weighted by atomic mass is 32.2. The second-order valence-corrected chi connectivity index (χ2v) is 7.52. The Hall–Kier alpha value is -1.99. The van der Waals surface area contributed by atoms with Gasteiger partial charge in [-0.25, -0.2) is 0 Å². The molecule has 2 aromatic rings. The Balaban J connectivity index is 2.15. The predicted molar refractivity (Wildman–Crippen MR) is 97.2 cm³/mol. The van der Waals surface area contributed by atoms with Crippen molar-refractivity contribution in [2.45, 2.75) is 30.1 Å². The summed E-state index contributed by atoms with van der Waals surface area (Å²) in [5.74, 6) is 0. The minimum absolute atomic E-state index is 0.0456. The highest BCUT2D eigenvalue weighted by Crippen LogP contribution is 2.34. The van der Waals surface area contributed by atoms with Crippen molar-refractivity contribution in [3.63, 3.8) is 0 Å². The molecule has 0 saturated carbocycles. The predicted octanol–water partition coefficient (Wildman–Crippen LogP) is 5.74. The van der Waals surface area contributed by atoms with Crippen LogP contribution in [0.4, 0.5) is 0 Å². The van der Waals surface area contributed by atoms with E-state index in [4.69, 9.17) is 0 Å². The maximum Gasteiger partial charge on any atom is 0.169 e. The quantitative estimate of drug-likeness (QED) is 0.634. The van der Waals surface area contributed by atoms with Crippen LogP contribution in [0.25, 0.3) is 0 Å². The molecule has 0 spiro atoms. The number of rotatable bonds is 3. The fourth-order valence-corrected chi connectivity index (χ4v) is 4.91. The molecule has 1 unspecified atom stereocenters. The van der Waals surface area contributed by atoms with Gasteiger partial charge in [0.15, 0.2) is 14.7 Å². The SMILES string of the molecule is Cc1ccc([S+](C2=CC=CCC=C2)c2ccccc2)c(C)c1. The first kappa shape index (κ1) is 14.9. The number of aryl methyl sites for hydroxylation is 2. The van der Waals surface area contributed by atoms with Crippen LogP contribution in [0.1, 0.15) is 17.5 Å². The van der Waals surface area contributed by atoms with E-state index in [9.17, 15) is 0 Å². The van der Waals surface area contributed by atoms with Crippen LogP contribution >= 0.6 is 0 Å². The topological polar surface area (TPSA) is 0 Å². The fourth-order valence-electron chi connectivity index (χ4n) is 2.67. The lowest BCUT2D eigenvalue weighted by molar-refractivity contribution is 1.24. The van der Waals surface area contributed by atoms with Gasteiger partial charge in [-0.05, 0) is 50.6 Å². The zero-order chi connectivity index (χ0) is 15.4. The Kier molecular flexibility index (Phi) is 4.65. The molecule has 0 nitrogen and oxygen atoms in total. The standard InChI is InChI=1S/C21H21S/c1-17-14-15-21(18(2)16-17)22(20-12-8-5-9-13-20)19-10-6-3-4-7-11-19/h3,5-16H,4H2,1-2H3/q+1. The fraction of sp³-hybridized carbons (Fsp3) is 0.143. The van der Waals surface area contributed by atoms with E-state index in [1.165, 1.54) is 25.8 Å². The van der Waals surface area contributed by atoms with E-state index in [0.717, 1.165) is 6.42 Å². The van der Waals surface area contributed by atoms with Crippen LogP contribution in [0, 0.1) is 13.8 Å². The highest BCUT2D eigenvalue weighted by Gasteiger charge is 2.30. The molecule has 1 aliphatic carbocycles. The lowest BCUT2D eigenvalue weighted by Crippen LogP contribution is -2.07. The first-order valence-corrected chi connectivity index (χ1v) is 8.88. The molecule has 0 aromatic heterocycles. The minimum atomic E-state index is -0.0456. The summed E-state index contributed by atoms with van der Waals surface area (Å²) < 4.78 is 0. The lowest BCUT2D eigenvalue weighted by Gasteiger charge is -2.11. The summed E-state index contributed by atoms with van der Waals surface area (Å²) in [6.45, 7) is 4.38. The van der Waals surface area contributed by atoms with Crippen molar-refractivity contribution in [3.05, 3.63) is 94.9 Å². The molecule has 1 atom stereocenters. The van der Waals surface area contributed by atoms with Crippen LogP contribution in [0.2, 0.25) is 0 Å². The Morgan fingerprint density at radius 1 is 0.909 bits per heavy atom. The third kappa shape index (κ3) is 3.26. The first-order valence-electron chi connectivity index (χ1n) is 7.65. The summed E-state index contributed by atoms with van der Waals surface area (Å²) in [6.07, 6.45) is 12.2. The van der Waals surface area contributed by atoms with E-state index in [2.05, 4.69) is 92.8 Å². The Morgan fingerprint density at radius 3 is 2.50 bits per heavy atom. The molecule has 3 rings (SSSR count). The summed E-state index contributed by atoms with van der Waals surface area (Å²) in [4.78, 5) is 4.18. The largest absolute Gasteiger partial charge is 0.169 e. The van der Waals surface area contributed by atoms with E-state index < -0.39 is 0 Å². The van der Waals surface area contributed by atoms with Crippen LogP contribution in [-0.2, 0) is 10.9 Å². The maximum atomic E-state index is 2.30. The van der Waals surface area contributed by atoms with Crippen LogP contribution in [0.5, 0.6) is 0 Å². The molecule has 0 aliphatic heterocycles. The van der Waals surface area contributed by atoms with Crippen molar-refractivity contribution >= 4 is 10.9 Å². The van der Waals surface area contributed by atoms with Crippen molar-refractivity contribution in [2.75, 3.05) is 0 Å². The van der Waals surface area contributed by atoms with Crippen LogP contribution in [0.15, 0.2) is 93.6 Å². The first-order chi connectivity index (χ1) is 10.8. The third-order valence-electron chi connectivity index (χ3n) is 3.72. The second kappa shape index (κ2) is 6.85. The Bertz CT molecular complexity index is 736. The average Bonchev–Trinajstić information content (AvgIpc) is 2.80. The second-order valence-electron chi connectivity index (χ2n) is 5.52. The van der Waals surface area contributed by atoms with E-state index >= 15 is 0 Å². The summed E-state index contributed by atoms with van der Waals surface area (Å²) in [5, 5.41) is 0. The van der Waals surface area contributed by atoms with Gasteiger partial charge in [0.05, 0.1) is 10.9 Å². The number of allylic oxidation sites excluding steroid dienone is 5. The van der Waals surface area contributed by atoms with Crippen LogP contribution < -0.4 is 0 Å². The maximum absolute atomic E-state index is 2.30. The zero-order valence-electron chi connectivity index (χ0n) is 13.1. The van der Waals surface area contributed by atoms with Gasteiger partial charge < -0.3 is 0 Å². The normalized spacial score (nSPS) is 15.3. The molecule has 110 valence electrons. The summed E-state index contributed by atoms with van der Waals surface area (Å²) in [7, 11) is -0.0456. The number of hydrogen-bond donors (Lipinski definition) is 0. The third-order valence-corrected chi connectivity index (χ3v) is 6.10. The zero-order valence-corrected chi connectivity index (χ0v) is 13.9. The van der Waals surface area contributed by atoms with Crippen LogP contribution in [0.3, 0.4) is 0 Å². The number of hydrogen-bond acceptors (Lipinski definition) is 0. The molecule has 22 heavy (non-hydrogen) atoms. The molecule has 0 bridgehead atoms. The molecule has 0 heterocycles. The van der Waals surface area contributed by atoms with Crippen molar-refractivity contribution < 1.29 is 0 Å². The monoisotopic (exact) mass is 305 g/mol. The van der Waals surface area contributed by atoms with Gasteiger partial charge in [-0.2, -0.15) is 0 Å².